The zero-order valence-corrected chi connectivity index (χ0v) is 13.2. The molecule has 0 bridgehead atoms. The number of likely N-dealkylation sites (tertiary alicyclic amines) is 1. The first-order chi connectivity index (χ1) is 11.1. The lowest BCUT2D eigenvalue weighted by Crippen LogP contribution is -2.34. The molecule has 2 atom stereocenters. The maximum Gasteiger partial charge on any atom is 0.320 e. The fraction of sp³-hybridized carbons (Fsp3) is 0.316. The van der Waals surface area contributed by atoms with E-state index in [0.29, 0.717) is 13.0 Å². The minimum Gasteiger partial charge on any atom is -0.489 e. The molecule has 1 aliphatic rings. The quantitative estimate of drug-likeness (QED) is 0.918. The molecular weight excluding hydrogens is 290 g/mol. The van der Waals surface area contributed by atoms with Crippen LogP contribution < -0.4 is 4.74 Å². The smallest absolute Gasteiger partial charge is 0.320 e. The summed E-state index contributed by atoms with van der Waals surface area (Å²) < 4.78 is 5.79. The molecule has 2 aromatic carbocycles. The molecule has 120 valence electrons. The molecule has 4 nitrogen and oxygen atoms in total. The van der Waals surface area contributed by atoms with E-state index in [0.717, 1.165) is 23.3 Å². The number of hydrogen-bond acceptors (Lipinski definition) is 3. The summed E-state index contributed by atoms with van der Waals surface area (Å²) in [6.07, 6.45) is 1.57. The second-order valence-electron chi connectivity index (χ2n) is 5.96. The first-order valence-electron chi connectivity index (χ1n) is 7.86. The van der Waals surface area contributed by atoms with E-state index in [1.165, 1.54) is 0 Å². The van der Waals surface area contributed by atoms with Crippen LogP contribution in [0.3, 0.4) is 0 Å². The van der Waals surface area contributed by atoms with Gasteiger partial charge in [-0.3, -0.25) is 9.69 Å². The molecule has 1 saturated heterocycles. The number of carboxylic acids is 1. The van der Waals surface area contributed by atoms with Gasteiger partial charge in [0.15, 0.2) is 0 Å². The molecule has 1 aliphatic heterocycles. The zero-order valence-electron chi connectivity index (χ0n) is 13.2. The Hall–Kier alpha value is -2.33. The molecule has 0 saturated carbocycles. The molecule has 1 heterocycles. The highest BCUT2D eigenvalue weighted by Gasteiger charge is 2.35. The molecule has 4 heteroatoms. The first-order valence-corrected chi connectivity index (χ1v) is 7.86. The fourth-order valence-electron chi connectivity index (χ4n) is 3.17. The number of benzene rings is 2. The third kappa shape index (κ3) is 3.54. The van der Waals surface area contributed by atoms with Gasteiger partial charge < -0.3 is 9.84 Å². The third-order valence-corrected chi connectivity index (χ3v) is 4.50. The molecular formula is C19H21NO3. The lowest BCUT2D eigenvalue weighted by atomic mass is 10.0. The summed E-state index contributed by atoms with van der Waals surface area (Å²) in [5, 5.41) is 9.21. The van der Waals surface area contributed by atoms with E-state index in [2.05, 4.69) is 0 Å². The number of likely N-dealkylation sites (N-methyl/N-ethyl adjacent to an activating group) is 1. The molecule has 2 aromatic rings. The number of carbonyl (C=O) groups is 1. The van der Waals surface area contributed by atoms with Gasteiger partial charge in [0.2, 0.25) is 0 Å². The topological polar surface area (TPSA) is 49.8 Å². The van der Waals surface area contributed by atoms with Crippen molar-refractivity contribution in [2.24, 2.45) is 0 Å². The van der Waals surface area contributed by atoms with Crippen LogP contribution in [-0.2, 0) is 11.4 Å². The Bertz CT molecular complexity index is 654. The number of aliphatic carboxylic acids is 1. The van der Waals surface area contributed by atoms with E-state index in [4.69, 9.17) is 4.74 Å². The number of rotatable bonds is 5. The van der Waals surface area contributed by atoms with E-state index >= 15 is 0 Å². The SMILES string of the molecule is CN1[C@@H](c2ccc(OCc3ccccc3)cc2)CC[C@H]1C(=O)O. The van der Waals surface area contributed by atoms with Gasteiger partial charge in [-0.05, 0) is 43.1 Å². The number of hydrogen-bond donors (Lipinski definition) is 1. The van der Waals surface area contributed by atoms with Gasteiger partial charge in [0.25, 0.3) is 0 Å². The van der Waals surface area contributed by atoms with Crippen LogP contribution >= 0.6 is 0 Å². The average Bonchev–Trinajstić information content (AvgIpc) is 2.96. The highest BCUT2D eigenvalue weighted by atomic mass is 16.5. The van der Waals surface area contributed by atoms with E-state index in [1.807, 2.05) is 66.5 Å². The number of ether oxygens (including phenoxy) is 1. The molecule has 0 unspecified atom stereocenters. The van der Waals surface area contributed by atoms with Gasteiger partial charge in [-0.1, -0.05) is 42.5 Å². The minimum atomic E-state index is -0.738. The molecule has 3 rings (SSSR count). The van der Waals surface area contributed by atoms with E-state index in [1.54, 1.807) is 0 Å². The van der Waals surface area contributed by atoms with Crippen molar-refractivity contribution in [3.8, 4) is 5.75 Å². The van der Waals surface area contributed by atoms with Crippen LogP contribution in [0.5, 0.6) is 5.75 Å². The summed E-state index contributed by atoms with van der Waals surface area (Å²) in [5.74, 6) is 0.0888. The predicted octanol–water partition coefficient (Wildman–Crippen LogP) is 3.49. The van der Waals surface area contributed by atoms with Gasteiger partial charge in [-0.15, -0.1) is 0 Å². The maximum atomic E-state index is 11.2. The van der Waals surface area contributed by atoms with Gasteiger partial charge >= 0.3 is 5.97 Å². The van der Waals surface area contributed by atoms with Gasteiger partial charge in [-0.25, -0.2) is 0 Å². The van der Waals surface area contributed by atoms with Crippen LogP contribution in [0.25, 0.3) is 0 Å². The summed E-state index contributed by atoms with van der Waals surface area (Å²) in [4.78, 5) is 13.1. The lowest BCUT2D eigenvalue weighted by Gasteiger charge is -2.23. The number of carboxylic acid groups (broad SMARTS) is 1. The van der Waals surface area contributed by atoms with Gasteiger partial charge in [0.1, 0.15) is 18.4 Å². The molecule has 23 heavy (non-hydrogen) atoms. The Morgan fingerprint density at radius 1 is 1.13 bits per heavy atom. The summed E-state index contributed by atoms with van der Waals surface area (Å²) in [7, 11) is 1.89. The second kappa shape index (κ2) is 6.84. The second-order valence-corrected chi connectivity index (χ2v) is 5.96. The Morgan fingerprint density at radius 2 is 1.83 bits per heavy atom. The molecule has 0 aliphatic carbocycles. The van der Waals surface area contributed by atoms with E-state index in [-0.39, 0.29) is 12.1 Å². The highest BCUT2D eigenvalue weighted by Crippen LogP contribution is 2.35. The van der Waals surface area contributed by atoms with Crippen LogP contribution in [0.4, 0.5) is 0 Å². The van der Waals surface area contributed by atoms with Gasteiger partial charge in [0.05, 0.1) is 0 Å². The first kappa shape index (κ1) is 15.6. The van der Waals surface area contributed by atoms with Crippen molar-refractivity contribution in [3.63, 3.8) is 0 Å². The van der Waals surface area contributed by atoms with Crippen molar-refractivity contribution in [2.75, 3.05) is 7.05 Å². The van der Waals surface area contributed by atoms with Crippen molar-refractivity contribution >= 4 is 5.97 Å². The van der Waals surface area contributed by atoms with Gasteiger partial charge in [-0.2, -0.15) is 0 Å². The van der Waals surface area contributed by atoms with E-state index < -0.39 is 5.97 Å². The standard InChI is InChI=1S/C19H21NO3/c1-20-17(11-12-18(20)19(21)22)15-7-9-16(10-8-15)23-13-14-5-3-2-4-6-14/h2-10,17-18H,11-13H2,1H3,(H,21,22)/t17-,18+/m1/s1. The van der Waals surface area contributed by atoms with Crippen molar-refractivity contribution in [1.29, 1.82) is 0 Å². The molecule has 0 spiro atoms. The van der Waals surface area contributed by atoms with Crippen LogP contribution in [0.15, 0.2) is 54.6 Å². The number of nitrogens with zero attached hydrogens (tertiary/aromatic N) is 1. The van der Waals surface area contributed by atoms with Crippen molar-refractivity contribution in [2.45, 2.75) is 31.5 Å². The van der Waals surface area contributed by atoms with Gasteiger partial charge in [0, 0.05) is 6.04 Å². The van der Waals surface area contributed by atoms with Crippen molar-refractivity contribution in [3.05, 3.63) is 65.7 Å². The largest absolute Gasteiger partial charge is 0.489 e. The highest BCUT2D eigenvalue weighted by molar-refractivity contribution is 5.74. The maximum absolute atomic E-state index is 11.2. The van der Waals surface area contributed by atoms with Crippen LogP contribution in [0.2, 0.25) is 0 Å². The summed E-state index contributed by atoms with van der Waals surface area (Å²) in [5.41, 5.74) is 2.28. The Labute approximate surface area is 136 Å². The summed E-state index contributed by atoms with van der Waals surface area (Å²) in [6.45, 7) is 0.546. The molecule has 1 N–H and O–H groups in total. The fourth-order valence-corrected chi connectivity index (χ4v) is 3.17. The van der Waals surface area contributed by atoms with Crippen molar-refractivity contribution in [1.82, 2.24) is 4.90 Å². The third-order valence-electron chi connectivity index (χ3n) is 4.50. The minimum absolute atomic E-state index is 0.166. The van der Waals surface area contributed by atoms with Crippen LogP contribution in [0, 0.1) is 0 Å². The molecule has 0 amide bonds. The average molecular weight is 311 g/mol. The Morgan fingerprint density at radius 3 is 2.43 bits per heavy atom. The molecule has 0 radical (unpaired) electrons. The van der Waals surface area contributed by atoms with E-state index in [9.17, 15) is 9.90 Å². The normalized spacial score (nSPS) is 21.3. The summed E-state index contributed by atoms with van der Waals surface area (Å²) in [6, 6.07) is 17.8. The van der Waals surface area contributed by atoms with Crippen LogP contribution in [0.1, 0.15) is 30.0 Å². The monoisotopic (exact) mass is 311 g/mol. The Kier molecular flexibility index (Phi) is 4.63. The molecule has 0 aromatic heterocycles. The molecule has 1 fully saturated rings. The lowest BCUT2D eigenvalue weighted by molar-refractivity contribution is -0.142. The van der Waals surface area contributed by atoms with Crippen LogP contribution in [-0.4, -0.2) is 29.1 Å². The predicted molar refractivity (Wildman–Crippen MR) is 88.4 cm³/mol. The summed E-state index contributed by atoms with van der Waals surface area (Å²) >= 11 is 0. The van der Waals surface area contributed by atoms with Crippen molar-refractivity contribution < 1.29 is 14.6 Å². The zero-order chi connectivity index (χ0) is 16.2. The Balaban J connectivity index is 1.62.